The van der Waals surface area contributed by atoms with E-state index >= 15 is 0 Å². The van der Waals surface area contributed by atoms with E-state index in [-0.39, 0.29) is 6.16 Å². The molecule has 2 N–H and O–H groups in total. The molecule has 122 valence electrons. The summed E-state index contributed by atoms with van der Waals surface area (Å²) in [5.41, 5.74) is 0.901. The van der Waals surface area contributed by atoms with Crippen molar-refractivity contribution in [3.8, 4) is 0 Å². The number of hydrogen-bond acceptors (Lipinski definition) is 1. The second-order valence-electron chi connectivity index (χ2n) is 8.86. The van der Waals surface area contributed by atoms with Crippen molar-refractivity contribution in [1.29, 1.82) is 0 Å². The first-order valence-corrected chi connectivity index (χ1v) is 10.5. The van der Waals surface area contributed by atoms with Gasteiger partial charge in [0.1, 0.15) is 0 Å². The first-order valence-electron chi connectivity index (χ1n) is 8.70. The molecule has 0 aromatic rings. The van der Waals surface area contributed by atoms with Crippen molar-refractivity contribution in [2.24, 2.45) is 34.5 Å². The summed E-state index contributed by atoms with van der Waals surface area (Å²) in [5, 5.41) is 0. The van der Waals surface area contributed by atoms with Crippen molar-refractivity contribution in [3.63, 3.8) is 0 Å². The molecule has 0 unspecified atom stereocenters. The van der Waals surface area contributed by atoms with E-state index in [1.165, 1.54) is 32.1 Å². The van der Waals surface area contributed by atoms with E-state index in [9.17, 15) is 4.57 Å². The van der Waals surface area contributed by atoms with Crippen LogP contribution in [0.1, 0.15) is 65.7 Å². The Morgan fingerprint density at radius 2 is 1.86 bits per heavy atom. The Hall–Kier alpha value is 0.150. The molecule has 5 atom stereocenters. The highest BCUT2D eigenvalue weighted by Gasteiger charge is 2.64. The van der Waals surface area contributed by atoms with Crippen molar-refractivity contribution in [2.45, 2.75) is 65.7 Å². The molecule has 21 heavy (non-hydrogen) atoms. The van der Waals surface area contributed by atoms with Crippen LogP contribution in [0.25, 0.3) is 0 Å². The van der Waals surface area contributed by atoms with Gasteiger partial charge in [-0.2, -0.15) is 0 Å². The van der Waals surface area contributed by atoms with Crippen LogP contribution in [0.3, 0.4) is 0 Å². The lowest BCUT2D eigenvalue weighted by molar-refractivity contribution is 0.0783. The lowest BCUT2D eigenvalue weighted by atomic mass is 9.63. The molecule has 0 aromatic heterocycles. The van der Waals surface area contributed by atoms with Gasteiger partial charge in [-0.3, -0.25) is 4.57 Å². The van der Waals surface area contributed by atoms with Gasteiger partial charge >= 0.3 is 7.60 Å². The smallest absolute Gasteiger partial charge is 0.324 e. The molecule has 0 saturated heterocycles. The second kappa shape index (κ2) is 5.08. The Balaban J connectivity index is 1.78. The summed E-state index contributed by atoms with van der Waals surface area (Å²) in [7, 11) is -3.82. The molecule has 3 nitrogen and oxygen atoms in total. The van der Waals surface area contributed by atoms with Gasteiger partial charge in [0.25, 0.3) is 0 Å². The molecule has 4 bridgehead atoms. The van der Waals surface area contributed by atoms with Crippen LogP contribution in [-0.2, 0) is 4.57 Å². The summed E-state index contributed by atoms with van der Waals surface area (Å²) in [6, 6.07) is 0. The fraction of sp³-hybridized carbons (Fsp3) is 1.00. The van der Waals surface area contributed by atoms with Crippen LogP contribution in [0.15, 0.2) is 0 Å². The monoisotopic (exact) mass is 314 g/mol. The van der Waals surface area contributed by atoms with Crippen molar-refractivity contribution in [2.75, 3.05) is 6.16 Å². The van der Waals surface area contributed by atoms with E-state index in [0.717, 1.165) is 24.2 Å². The van der Waals surface area contributed by atoms with Gasteiger partial charge in [0, 0.05) is 6.16 Å². The maximum atomic E-state index is 11.1. The Morgan fingerprint density at radius 3 is 2.52 bits per heavy atom. The quantitative estimate of drug-likeness (QED) is 0.755. The third kappa shape index (κ3) is 2.64. The Kier molecular flexibility index (Phi) is 3.87. The van der Waals surface area contributed by atoms with Gasteiger partial charge in [-0.15, -0.1) is 0 Å². The zero-order chi connectivity index (χ0) is 15.5. The summed E-state index contributed by atoms with van der Waals surface area (Å²) in [5.74, 6) is 3.23. The summed E-state index contributed by atoms with van der Waals surface area (Å²) in [4.78, 5) is 18.2. The van der Waals surface area contributed by atoms with Gasteiger partial charge in [0.05, 0.1) is 0 Å². The molecule has 4 heteroatoms. The predicted octanol–water partition coefficient (Wildman–Crippen LogP) is 4.43. The standard InChI is InChI=1S/C17H31O3P/c1-16(2)9-5-10-17(3)13(6-4-11-21(18,19)20)12-7-8-14(17)15(12)16/h12-15H,4-11H2,1-3H3,(H2,18,19,20)/t12-,13+,14-,15+,17-/m1/s1. The molecule has 3 rings (SSSR count). The van der Waals surface area contributed by atoms with Gasteiger partial charge in [-0.1, -0.05) is 27.2 Å². The highest BCUT2D eigenvalue weighted by molar-refractivity contribution is 7.51. The molecule has 0 amide bonds. The van der Waals surface area contributed by atoms with Crippen molar-refractivity contribution in [3.05, 3.63) is 0 Å². The summed E-state index contributed by atoms with van der Waals surface area (Å²) < 4.78 is 11.1. The third-order valence-electron chi connectivity index (χ3n) is 7.32. The number of rotatable bonds is 4. The summed E-state index contributed by atoms with van der Waals surface area (Å²) in [6.07, 6.45) is 8.56. The fourth-order valence-corrected chi connectivity index (χ4v) is 7.23. The lowest BCUT2D eigenvalue weighted by Crippen LogP contribution is -2.33. The molecule has 0 heterocycles. The second-order valence-corrected chi connectivity index (χ2v) is 10.6. The van der Waals surface area contributed by atoms with E-state index < -0.39 is 7.60 Å². The van der Waals surface area contributed by atoms with Crippen LogP contribution in [0, 0.1) is 34.5 Å². The van der Waals surface area contributed by atoms with Crippen LogP contribution < -0.4 is 0 Å². The highest BCUT2D eigenvalue weighted by Crippen LogP contribution is 2.71. The van der Waals surface area contributed by atoms with E-state index in [1.807, 2.05) is 0 Å². The molecular weight excluding hydrogens is 283 g/mol. The van der Waals surface area contributed by atoms with E-state index in [4.69, 9.17) is 9.79 Å². The Morgan fingerprint density at radius 1 is 1.14 bits per heavy atom. The zero-order valence-electron chi connectivity index (χ0n) is 13.7. The van der Waals surface area contributed by atoms with Crippen molar-refractivity contribution < 1.29 is 14.4 Å². The first-order chi connectivity index (χ1) is 9.65. The SMILES string of the molecule is CC1(C)CCC[C@@]2(C)[C@@H]3CC[C@@H]([C@@H]31)[C@@H]2CCCP(=O)(O)O. The molecule has 0 aromatic carbocycles. The summed E-state index contributed by atoms with van der Waals surface area (Å²) >= 11 is 0. The fourth-order valence-electron chi connectivity index (χ4n) is 6.63. The molecular formula is C17H31O3P. The van der Waals surface area contributed by atoms with Crippen LogP contribution in [0.5, 0.6) is 0 Å². The normalized spacial score (nSPS) is 44.8. The Labute approximate surface area is 129 Å². The molecule has 3 fully saturated rings. The molecule has 0 spiro atoms. The lowest BCUT2D eigenvalue weighted by Gasteiger charge is -2.42. The molecule has 3 aliphatic rings. The molecule has 3 aliphatic carbocycles. The molecule has 0 aliphatic heterocycles. The summed E-state index contributed by atoms with van der Waals surface area (Å²) in [6.45, 7) is 7.42. The van der Waals surface area contributed by atoms with Crippen LogP contribution in [-0.4, -0.2) is 15.9 Å². The van der Waals surface area contributed by atoms with E-state index in [2.05, 4.69) is 20.8 Å². The third-order valence-corrected chi connectivity index (χ3v) is 8.22. The maximum Gasteiger partial charge on any atom is 0.325 e. The minimum Gasteiger partial charge on any atom is -0.324 e. The minimum atomic E-state index is -3.82. The highest BCUT2D eigenvalue weighted by atomic mass is 31.2. The Bertz CT molecular complexity index is 455. The first kappa shape index (κ1) is 16.0. The zero-order valence-corrected chi connectivity index (χ0v) is 14.6. The van der Waals surface area contributed by atoms with Crippen molar-refractivity contribution >= 4 is 7.60 Å². The van der Waals surface area contributed by atoms with Crippen LogP contribution >= 0.6 is 7.60 Å². The van der Waals surface area contributed by atoms with Crippen LogP contribution in [0.2, 0.25) is 0 Å². The van der Waals surface area contributed by atoms with Gasteiger partial charge in [-0.05, 0) is 73.0 Å². The van der Waals surface area contributed by atoms with Gasteiger partial charge in [-0.25, -0.2) is 0 Å². The van der Waals surface area contributed by atoms with Crippen molar-refractivity contribution in [1.82, 2.24) is 0 Å². The van der Waals surface area contributed by atoms with E-state index in [1.54, 1.807) is 0 Å². The maximum absolute atomic E-state index is 11.1. The van der Waals surface area contributed by atoms with E-state index in [0.29, 0.717) is 23.2 Å². The van der Waals surface area contributed by atoms with Crippen LogP contribution in [0.4, 0.5) is 0 Å². The molecule has 3 saturated carbocycles. The predicted molar refractivity (Wildman–Crippen MR) is 85.1 cm³/mol. The molecule has 0 radical (unpaired) electrons. The van der Waals surface area contributed by atoms with Gasteiger partial charge < -0.3 is 9.79 Å². The average molecular weight is 314 g/mol. The topological polar surface area (TPSA) is 57.5 Å². The minimum absolute atomic E-state index is 0.0744. The average Bonchev–Trinajstić information content (AvgIpc) is 2.82. The number of hydrogen-bond donors (Lipinski definition) is 2. The van der Waals surface area contributed by atoms with Gasteiger partial charge in [0.15, 0.2) is 0 Å². The van der Waals surface area contributed by atoms with Gasteiger partial charge in [0.2, 0.25) is 0 Å². The largest absolute Gasteiger partial charge is 0.325 e.